The molecule has 3 N–H and O–H groups in total. The molecular weight excluding hydrogens is 888 g/mol. The third-order valence-electron chi connectivity index (χ3n) is 12.6. The summed E-state index contributed by atoms with van der Waals surface area (Å²) in [6, 6.07) is -0.863. The van der Waals surface area contributed by atoms with Gasteiger partial charge in [0.2, 0.25) is 5.91 Å². The van der Waals surface area contributed by atoms with Gasteiger partial charge < -0.3 is 19.8 Å². The maximum Gasteiger partial charge on any atom is 0.472 e. The Morgan fingerprint density at radius 2 is 0.871 bits per heavy atom. The van der Waals surface area contributed by atoms with Gasteiger partial charge in [0.1, 0.15) is 13.2 Å². The number of allylic oxidation sites excluding steroid dienone is 13. The summed E-state index contributed by atoms with van der Waals surface area (Å²) < 4.78 is 23.6. The fraction of sp³-hybridized carbons (Fsp3) is 0.754. The third-order valence-corrected chi connectivity index (χ3v) is 13.6. The van der Waals surface area contributed by atoms with Crippen LogP contribution in [0.2, 0.25) is 0 Å². The number of amides is 1. The predicted molar refractivity (Wildman–Crippen MR) is 304 cm³/mol. The van der Waals surface area contributed by atoms with Crippen LogP contribution in [0.5, 0.6) is 0 Å². The van der Waals surface area contributed by atoms with E-state index in [2.05, 4.69) is 92.1 Å². The summed E-state index contributed by atoms with van der Waals surface area (Å²) in [6.07, 6.45) is 72.9. The molecule has 0 heterocycles. The van der Waals surface area contributed by atoms with Crippen molar-refractivity contribution < 1.29 is 32.9 Å². The summed E-state index contributed by atoms with van der Waals surface area (Å²) >= 11 is 0. The van der Waals surface area contributed by atoms with Crippen molar-refractivity contribution in [3.05, 3.63) is 85.1 Å². The van der Waals surface area contributed by atoms with Gasteiger partial charge in [0.05, 0.1) is 39.9 Å². The topological polar surface area (TPSA) is 105 Å². The maximum atomic E-state index is 12.9. The number of rotatable bonds is 52. The van der Waals surface area contributed by atoms with E-state index in [0.29, 0.717) is 17.4 Å². The van der Waals surface area contributed by atoms with Crippen molar-refractivity contribution in [2.24, 2.45) is 0 Å². The standard InChI is InChI=1S/C61H111N2O6P/c1-6-8-10-12-14-16-18-19-20-21-22-23-24-25-26-27-28-29-30-31-32-33-34-35-36-37-38-39-40-41-42-43-45-47-49-51-53-55-61(65)62-59(58-69-70(66,67)68-57-56-63(3,4)5)60(64)54-52-50-48-46-44-17-15-13-11-9-7-2/h8,10,14,16,19-20,22-23,25-26,44,46,52,54,59-60,64H,6-7,9,11-13,15,17-18,21,24,27-43,45,47-51,53,55-58H2,1-5H3,(H-,62,65,66,67)/p+1/b10-8-,16-14-,20-19-,23-22-,26-25-,46-44+,54-52+. The normalized spacial score (nSPS) is 14.6. The number of nitrogens with zero attached hydrogens (tertiary/aromatic N) is 1. The number of hydrogen-bond donors (Lipinski definition) is 3. The third kappa shape index (κ3) is 53.5. The number of unbranched alkanes of at least 4 members (excludes halogenated alkanes) is 27. The average Bonchev–Trinajstić information content (AvgIpc) is 3.32. The lowest BCUT2D eigenvalue weighted by atomic mass is 10.0. The van der Waals surface area contributed by atoms with E-state index in [-0.39, 0.29) is 19.1 Å². The SMILES string of the molecule is CC/C=C\C/C=C\C/C=C\C/C=C\C/C=C\CCCCCCCCCCCCCCCCCCCCCCCC(=O)NC(COP(=O)(O)OCC[N+](C)(C)C)C(O)/C=C/CC/C=C/CCCCCCC. The highest BCUT2D eigenvalue weighted by atomic mass is 31.2. The Hall–Kier alpha value is -2.32. The molecule has 0 bridgehead atoms. The minimum absolute atomic E-state index is 0.0548. The monoisotopic (exact) mass is 1000 g/mol. The minimum atomic E-state index is -4.35. The molecule has 0 fully saturated rings. The van der Waals surface area contributed by atoms with E-state index in [9.17, 15) is 19.4 Å². The number of carbonyl (C=O) groups is 1. The van der Waals surface area contributed by atoms with Crippen LogP contribution in [0, 0.1) is 0 Å². The molecule has 1 amide bonds. The van der Waals surface area contributed by atoms with Gasteiger partial charge in [-0.2, -0.15) is 0 Å². The Bertz CT molecular complexity index is 1410. The first kappa shape index (κ1) is 67.7. The Kier molecular flexibility index (Phi) is 49.9. The minimum Gasteiger partial charge on any atom is -0.387 e. The van der Waals surface area contributed by atoms with Gasteiger partial charge in [-0.15, -0.1) is 0 Å². The molecule has 0 aromatic rings. The van der Waals surface area contributed by atoms with E-state index in [1.807, 2.05) is 27.2 Å². The number of aliphatic hydroxyl groups excluding tert-OH is 1. The number of phosphoric ester groups is 1. The number of carbonyl (C=O) groups excluding carboxylic acids is 1. The highest BCUT2D eigenvalue weighted by molar-refractivity contribution is 7.47. The number of likely N-dealkylation sites (N-methyl/N-ethyl adjacent to an activating group) is 1. The second kappa shape index (κ2) is 51.6. The summed E-state index contributed by atoms with van der Waals surface area (Å²) in [6.45, 7) is 4.65. The molecule has 0 saturated heterocycles. The highest BCUT2D eigenvalue weighted by Crippen LogP contribution is 2.43. The Morgan fingerprint density at radius 3 is 1.31 bits per heavy atom. The molecule has 9 heteroatoms. The van der Waals surface area contributed by atoms with Gasteiger partial charge in [-0.3, -0.25) is 13.8 Å². The van der Waals surface area contributed by atoms with Crippen LogP contribution in [0.3, 0.4) is 0 Å². The summed E-state index contributed by atoms with van der Waals surface area (Å²) in [7, 11) is 1.55. The molecule has 0 aliphatic heterocycles. The van der Waals surface area contributed by atoms with Crippen molar-refractivity contribution in [1.82, 2.24) is 5.32 Å². The number of phosphoric acid groups is 1. The van der Waals surface area contributed by atoms with Crippen molar-refractivity contribution >= 4 is 13.7 Å². The Balaban J connectivity index is 3.94. The van der Waals surface area contributed by atoms with Gasteiger partial charge in [0.25, 0.3) is 0 Å². The molecule has 0 aliphatic rings. The van der Waals surface area contributed by atoms with Gasteiger partial charge >= 0.3 is 7.82 Å². The lowest BCUT2D eigenvalue weighted by molar-refractivity contribution is -0.870. The maximum absolute atomic E-state index is 12.9. The van der Waals surface area contributed by atoms with Crippen LogP contribution in [0.25, 0.3) is 0 Å². The molecule has 0 spiro atoms. The molecular formula is C61H112N2O6P+. The molecule has 0 aromatic carbocycles. The first-order chi connectivity index (χ1) is 34.0. The van der Waals surface area contributed by atoms with Crippen LogP contribution in [-0.4, -0.2) is 73.4 Å². The summed E-state index contributed by atoms with van der Waals surface area (Å²) in [5, 5.41) is 13.8. The number of nitrogens with one attached hydrogen (secondary N) is 1. The smallest absolute Gasteiger partial charge is 0.387 e. The molecule has 406 valence electrons. The van der Waals surface area contributed by atoms with Crippen LogP contribution < -0.4 is 5.32 Å². The molecule has 3 unspecified atom stereocenters. The van der Waals surface area contributed by atoms with E-state index in [1.165, 1.54) is 154 Å². The Labute approximate surface area is 433 Å². The summed E-state index contributed by atoms with van der Waals surface area (Å²) in [4.78, 5) is 23.2. The fourth-order valence-corrected chi connectivity index (χ4v) is 8.82. The van der Waals surface area contributed by atoms with Crippen LogP contribution in [0.15, 0.2) is 85.1 Å². The first-order valence-corrected chi connectivity index (χ1v) is 30.5. The van der Waals surface area contributed by atoms with Crippen molar-refractivity contribution in [3.8, 4) is 0 Å². The van der Waals surface area contributed by atoms with Crippen LogP contribution >= 0.6 is 7.82 Å². The van der Waals surface area contributed by atoms with Gasteiger partial charge in [0, 0.05) is 6.42 Å². The molecule has 70 heavy (non-hydrogen) atoms. The quantitative estimate of drug-likeness (QED) is 0.0243. The van der Waals surface area contributed by atoms with Gasteiger partial charge in [0.15, 0.2) is 0 Å². The average molecular weight is 1000 g/mol. The van der Waals surface area contributed by atoms with Crippen molar-refractivity contribution in [2.45, 2.75) is 257 Å². The van der Waals surface area contributed by atoms with Crippen molar-refractivity contribution in [1.29, 1.82) is 0 Å². The molecule has 0 saturated carbocycles. The van der Waals surface area contributed by atoms with Gasteiger partial charge in [-0.25, -0.2) is 4.57 Å². The van der Waals surface area contributed by atoms with E-state index >= 15 is 0 Å². The lowest BCUT2D eigenvalue weighted by Gasteiger charge is -2.25. The molecule has 8 nitrogen and oxygen atoms in total. The second-order valence-corrected chi connectivity index (χ2v) is 22.1. The zero-order valence-electron chi connectivity index (χ0n) is 46.2. The van der Waals surface area contributed by atoms with Crippen molar-refractivity contribution in [3.63, 3.8) is 0 Å². The van der Waals surface area contributed by atoms with Crippen LogP contribution in [0.4, 0.5) is 0 Å². The van der Waals surface area contributed by atoms with E-state index < -0.39 is 20.0 Å². The number of hydrogen-bond acceptors (Lipinski definition) is 5. The highest BCUT2D eigenvalue weighted by Gasteiger charge is 2.27. The molecule has 0 aromatic heterocycles. The predicted octanol–water partition coefficient (Wildman–Crippen LogP) is 17.6. The number of aliphatic hydroxyl groups is 1. The molecule has 0 aliphatic carbocycles. The summed E-state index contributed by atoms with van der Waals surface area (Å²) in [5.41, 5.74) is 0. The summed E-state index contributed by atoms with van der Waals surface area (Å²) in [5.74, 6) is -0.188. The zero-order chi connectivity index (χ0) is 51.3. The van der Waals surface area contributed by atoms with E-state index in [1.54, 1.807) is 6.08 Å². The van der Waals surface area contributed by atoms with Crippen LogP contribution in [0.1, 0.15) is 245 Å². The first-order valence-electron chi connectivity index (χ1n) is 29.0. The Morgan fingerprint density at radius 1 is 0.500 bits per heavy atom. The zero-order valence-corrected chi connectivity index (χ0v) is 47.1. The van der Waals surface area contributed by atoms with E-state index in [4.69, 9.17) is 9.05 Å². The van der Waals surface area contributed by atoms with Gasteiger partial charge in [-0.1, -0.05) is 247 Å². The molecule has 0 radical (unpaired) electrons. The largest absolute Gasteiger partial charge is 0.472 e. The lowest BCUT2D eigenvalue weighted by Crippen LogP contribution is -2.45. The van der Waals surface area contributed by atoms with Gasteiger partial charge in [-0.05, 0) is 77.0 Å². The molecule has 3 atom stereocenters. The fourth-order valence-electron chi connectivity index (χ4n) is 8.09. The van der Waals surface area contributed by atoms with Crippen LogP contribution in [-0.2, 0) is 18.4 Å². The van der Waals surface area contributed by atoms with E-state index in [0.717, 1.165) is 70.6 Å². The number of quaternary nitrogens is 1. The van der Waals surface area contributed by atoms with Crippen molar-refractivity contribution in [2.75, 3.05) is 40.9 Å². The molecule has 0 rings (SSSR count). The second-order valence-electron chi connectivity index (χ2n) is 20.6.